The van der Waals surface area contributed by atoms with Crippen LogP contribution in [0.25, 0.3) is 0 Å². The highest BCUT2D eigenvalue weighted by molar-refractivity contribution is 7.48. The lowest BCUT2D eigenvalue weighted by molar-refractivity contribution is -0.0538. The summed E-state index contributed by atoms with van der Waals surface area (Å²) in [6.45, 7) is 2.62. The molecule has 16 heavy (non-hydrogen) atoms. The summed E-state index contributed by atoms with van der Waals surface area (Å²) in [4.78, 5) is 2.03. The topological polar surface area (TPSA) is 51.2 Å². The van der Waals surface area contributed by atoms with Gasteiger partial charge in [0.2, 0.25) is 0 Å². The Hall–Kier alpha value is -0.550. The lowest BCUT2D eigenvalue weighted by atomic mass is 10.3. The maximum Gasteiger partial charge on any atom is 0.495 e. The molecule has 0 fully saturated rings. The molecular formula is C9H19N2O4P. The third-order valence-electron chi connectivity index (χ3n) is 2.29. The van der Waals surface area contributed by atoms with Crippen molar-refractivity contribution in [1.82, 2.24) is 9.96 Å². The van der Waals surface area contributed by atoms with E-state index in [1.54, 1.807) is 0 Å². The molecule has 1 aliphatic heterocycles. The van der Waals surface area contributed by atoms with Gasteiger partial charge in [-0.15, -0.1) is 0 Å². The van der Waals surface area contributed by atoms with Crippen molar-refractivity contribution in [3.8, 4) is 0 Å². The standard InChI is InChI=1S/C9H19N2O4P/c1-5-6-9-7-11(8-10(9)2)15-16(12,13-3)14-4/h7H,5-6,8H2,1-4H3. The molecule has 0 spiro atoms. The fourth-order valence-corrected chi connectivity index (χ4v) is 2.07. The van der Waals surface area contributed by atoms with Gasteiger partial charge in [-0.1, -0.05) is 13.3 Å². The molecule has 0 saturated carbocycles. The van der Waals surface area contributed by atoms with Gasteiger partial charge >= 0.3 is 7.82 Å². The van der Waals surface area contributed by atoms with E-state index in [2.05, 4.69) is 6.92 Å². The van der Waals surface area contributed by atoms with E-state index in [9.17, 15) is 4.57 Å². The zero-order valence-corrected chi connectivity index (χ0v) is 11.1. The zero-order chi connectivity index (χ0) is 12.2. The summed E-state index contributed by atoms with van der Waals surface area (Å²) >= 11 is 0. The lowest BCUT2D eigenvalue weighted by Gasteiger charge is -2.21. The first kappa shape index (κ1) is 13.5. The number of phosphoric ester groups is 1. The maximum absolute atomic E-state index is 11.7. The molecule has 0 aromatic rings. The zero-order valence-electron chi connectivity index (χ0n) is 10.2. The summed E-state index contributed by atoms with van der Waals surface area (Å²) in [6.07, 6.45) is 3.82. The summed E-state index contributed by atoms with van der Waals surface area (Å²) in [5, 5.41) is 1.47. The molecule has 6 nitrogen and oxygen atoms in total. The summed E-state index contributed by atoms with van der Waals surface area (Å²) in [7, 11) is 1.09. The predicted octanol–water partition coefficient (Wildman–Crippen LogP) is 2.17. The minimum absolute atomic E-state index is 0.520. The highest BCUT2D eigenvalue weighted by Crippen LogP contribution is 2.49. The molecule has 0 aromatic heterocycles. The first-order valence-electron chi connectivity index (χ1n) is 5.14. The van der Waals surface area contributed by atoms with Gasteiger partial charge in [-0.3, -0.25) is 9.05 Å². The molecule has 0 amide bonds. The van der Waals surface area contributed by atoms with Gasteiger partial charge in [-0.05, 0) is 6.42 Å². The second kappa shape index (κ2) is 5.68. The molecule has 94 valence electrons. The minimum atomic E-state index is -3.45. The molecule has 0 unspecified atom stereocenters. The highest BCUT2D eigenvalue weighted by atomic mass is 31.2. The van der Waals surface area contributed by atoms with E-state index in [0.717, 1.165) is 18.5 Å². The largest absolute Gasteiger partial charge is 0.495 e. The van der Waals surface area contributed by atoms with Crippen LogP contribution in [0.15, 0.2) is 11.9 Å². The SMILES string of the molecule is CCCC1=CN(OP(=O)(OC)OC)CN1C. The van der Waals surface area contributed by atoms with Crippen LogP contribution >= 0.6 is 7.82 Å². The van der Waals surface area contributed by atoms with E-state index >= 15 is 0 Å². The normalized spacial score (nSPS) is 16.9. The molecule has 0 bridgehead atoms. The summed E-state index contributed by atoms with van der Waals surface area (Å²) in [5.74, 6) is 0. The Morgan fingerprint density at radius 1 is 1.44 bits per heavy atom. The summed E-state index contributed by atoms with van der Waals surface area (Å²) < 4.78 is 26.3. The molecule has 1 rings (SSSR count). The number of nitrogens with zero attached hydrogens (tertiary/aromatic N) is 2. The minimum Gasteiger partial charge on any atom is -0.357 e. The van der Waals surface area contributed by atoms with Crippen LogP contribution in [0.4, 0.5) is 0 Å². The van der Waals surface area contributed by atoms with Crippen molar-refractivity contribution in [3.63, 3.8) is 0 Å². The number of hydrogen-bond acceptors (Lipinski definition) is 6. The van der Waals surface area contributed by atoms with Gasteiger partial charge in [0.15, 0.2) is 0 Å². The van der Waals surface area contributed by atoms with Crippen molar-refractivity contribution in [1.29, 1.82) is 0 Å². The predicted molar refractivity (Wildman–Crippen MR) is 60.2 cm³/mol. The van der Waals surface area contributed by atoms with Crippen molar-refractivity contribution in [2.75, 3.05) is 27.9 Å². The number of rotatable bonds is 6. The fraction of sp³-hybridized carbons (Fsp3) is 0.778. The molecule has 0 atom stereocenters. The van der Waals surface area contributed by atoms with E-state index in [0.29, 0.717) is 6.67 Å². The van der Waals surface area contributed by atoms with Crippen LogP contribution < -0.4 is 0 Å². The average molecular weight is 250 g/mol. The van der Waals surface area contributed by atoms with Gasteiger partial charge in [0.25, 0.3) is 0 Å². The van der Waals surface area contributed by atoms with Crippen LogP contribution in [0, 0.1) is 0 Å². The number of allylic oxidation sites excluding steroid dienone is 1. The van der Waals surface area contributed by atoms with Gasteiger partial charge in [0.05, 0.1) is 0 Å². The van der Waals surface area contributed by atoms with Crippen molar-refractivity contribution >= 4 is 7.82 Å². The number of hydrogen-bond donors (Lipinski definition) is 0. The Balaban J connectivity index is 2.61. The Kier molecular flexibility index (Phi) is 4.80. The Labute approximate surface area is 96.3 Å². The van der Waals surface area contributed by atoms with Gasteiger partial charge in [0, 0.05) is 33.2 Å². The van der Waals surface area contributed by atoms with Crippen molar-refractivity contribution in [2.45, 2.75) is 19.8 Å². The van der Waals surface area contributed by atoms with Crippen LogP contribution in [0.1, 0.15) is 19.8 Å². The van der Waals surface area contributed by atoms with Gasteiger partial charge in [-0.25, -0.2) is 9.63 Å². The van der Waals surface area contributed by atoms with Gasteiger partial charge < -0.3 is 4.90 Å². The van der Waals surface area contributed by atoms with Crippen molar-refractivity contribution in [3.05, 3.63) is 11.9 Å². The van der Waals surface area contributed by atoms with E-state index < -0.39 is 7.82 Å². The van der Waals surface area contributed by atoms with Crippen LogP contribution in [0.2, 0.25) is 0 Å². The lowest BCUT2D eigenvalue weighted by Crippen LogP contribution is -2.23. The molecule has 0 aliphatic carbocycles. The van der Waals surface area contributed by atoms with Crippen LogP contribution in [0.3, 0.4) is 0 Å². The molecule has 7 heteroatoms. The van der Waals surface area contributed by atoms with E-state index in [1.807, 2.05) is 18.1 Å². The smallest absolute Gasteiger partial charge is 0.357 e. The second-order valence-electron chi connectivity index (χ2n) is 3.52. The monoisotopic (exact) mass is 250 g/mol. The first-order chi connectivity index (χ1) is 7.54. The molecule has 0 aromatic carbocycles. The van der Waals surface area contributed by atoms with Crippen molar-refractivity contribution < 1.29 is 18.2 Å². The average Bonchev–Trinajstić information content (AvgIpc) is 2.59. The van der Waals surface area contributed by atoms with Crippen LogP contribution in [-0.2, 0) is 18.2 Å². The highest BCUT2D eigenvalue weighted by Gasteiger charge is 2.29. The fourth-order valence-electron chi connectivity index (χ4n) is 1.44. The molecule has 1 aliphatic rings. The second-order valence-corrected chi connectivity index (χ2v) is 5.31. The third-order valence-corrected chi connectivity index (χ3v) is 3.60. The van der Waals surface area contributed by atoms with Gasteiger partial charge in [-0.2, -0.15) is 4.62 Å². The number of phosphoric acid groups is 1. The molecule has 0 radical (unpaired) electrons. The van der Waals surface area contributed by atoms with Crippen molar-refractivity contribution in [2.24, 2.45) is 0 Å². The maximum atomic E-state index is 11.7. The van der Waals surface area contributed by atoms with Gasteiger partial charge in [0.1, 0.15) is 6.67 Å². The van der Waals surface area contributed by atoms with Crippen LogP contribution in [0.5, 0.6) is 0 Å². The Morgan fingerprint density at radius 2 is 2.06 bits per heavy atom. The van der Waals surface area contributed by atoms with E-state index in [1.165, 1.54) is 19.3 Å². The first-order valence-corrected chi connectivity index (χ1v) is 6.60. The molecule has 0 saturated heterocycles. The van der Waals surface area contributed by atoms with Crippen LogP contribution in [-0.4, -0.2) is 37.9 Å². The summed E-state index contributed by atoms with van der Waals surface area (Å²) in [5.41, 5.74) is 1.14. The number of hydroxylamine groups is 2. The summed E-state index contributed by atoms with van der Waals surface area (Å²) in [6, 6.07) is 0. The Morgan fingerprint density at radius 3 is 2.56 bits per heavy atom. The Bertz CT molecular complexity index is 300. The van der Waals surface area contributed by atoms with E-state index in [-0.39, 0.29) is 0 Å². The third kappa shape index (κ3) is 3.22. The van der Waals surface area contributed by atoms with E-state index in [4.69, 9.17) is 13.7 Å². The molecular weight excluding hydrogens is 231 g/mol. The molecule has 1 heterocycles. The molecule has 0 N–H and O–H groups in total. The quantitative estimate of drug-likeness (QED) is 0.673.